The summed E-state index contributed by atoms with van der Waals surface area (Å²) < 4.78 is 0. The molecule has 1 aromatic carbocycles. The fourth-order valence-corrected chi connectivity index (χ4v) is 2.58. The van der Waals surface area contributed by atoms with Crippen molar-refractivity contribution in [1.82, 2.24) is 20.2 Å². The summed E-state index contributed by atoms with van der Waals surface area (Å²) in [6.45, 7) is 2.02. The lowest BCUT2D eigenvalue weighted by atomic mass is 10.1. The number of aromatic amines is 2. The number of benzene rings is 1. The highest BCUT2D eigenvalue weighted by Crippen LogP contribution is 2.35. The van der Waals surface area contributed by atoms with E-state index in [0.717, 1.165) is 28.8 Å². The number of aromatic nitrogens is 4. The molecule has 90 valence electrons. The van der Waals surface area contributed by atoms with Crippen molar-refractivity contribution in [3.63, 3.8) is 0 Å². The lowest BCUT2D eigenvalue weighted by molar-refractivity contribution is 0.779. The number of H-pyrrole nitrogens is 2. The van der Waals surface area contributed by atoms with Crippen LogP contribution >= 0.6 is 0 Å². The number of nitrogens with one attached hydrogen (secondary N) is 3. The van der Waals surface area contributed by atoms with Crippen LogP contribution in [0.2, 0.25) is 0 Å². The number of fused-ring (bicyclic) bond motifs is 2. The number of aryl methyl sites for hydroxylation is 1. The fraction of sp³-hybridized carbons (Fsp3) is 0.231. The molecular formula is C13H13N5. The molecule has 5 heteroatoms. The number of hydrogen-bond donors (Lipinski definition) is 3. The van der Waals surface area contributed by atoms with Gasteiger partial charge in [0.05, 0.1) is 29.1 Å². The third-order valence-electron chi connectivity index (χ3n) is 3.48. The lowest BCUT2D eigenvalue weighted by Gasteiger charge is -2.06. The fourth-order valence-electron chi connectivity index (χ4n) is 2.58. The lowest BCUT2D eigenvalue weighted by Crippen LogP contribution is -2.05. The van der Waals surface area contributed by atoms with Crippen molar-refractivity contribution in [1.29, 1.82) is 0 Å². The molecule has 2 aromatic heterocycles. The van der Waals surface area contributed by atoms with Crippen LogP contribution in [0.3, 0.4) is 0 Å². The molecule has 1 aliphatic rings. The smallest absolute Gasteiger partial charge is 0.0931 e. The van der Waals surface area contributed by atoms with Crippen LogP contribution in [-0.2, 0) is 6.42 Å². The van der Waals surface area contributed by atoms with Crippen molar-refractivity contribution in [3.05, 3.63) is 41.5 Å². The standard InChI is InChI=1S/C13H13N5/c1-7-2-13(18-17-7)12-4-8-3-10-11(15-6-14-10)5-9(8)16-12/h2-3,5-6,12,16H,4H2,1H3,(H,14,15)(H,17,18). The molecule has 3 N–H and O–H groups in total. The monoisotopic (exact) mass is 239 g/mol. The van der Waals surface area contributed by atoms with Gasteiger partial charge in [0, 0.05) is 17.8 Å². The van der Waals surface area contributed by atoms with E-state index in [2.05, 4.69) is 43.7 Å². The first-order chi connectivity index (χ1) is 8.79. The van der Waals surface area contributed by atoms with Crippen LogP contribution in [0.5, 0.6) is 0 Å². The zero-order valence-corrected chi connectivity index (χ0v) is 9.99. The first-order valence-corrected chi connectivity index (χ1v) is 6.04. The molecule has 1 atom stereocenters. The van der Waals surface area contributed by atoms with E-state index < -0.39 is 0 Å². The van der Waals surface area contributed by atoms with E-state index in [4.69, 9.17) is 0 Å². The highest BCUT2D eigenvalue weighted by Gasteiger charge is 2.24. The van der Waals surface area contributed by atoms with Crippen molar-refractivity contribution in [2.45, 2.75) is 19.4 Å². The Morgan fingerprint density at radius 1 is 1.28 bits per heavy atom. The second-order valence-electron chi connectivity index (χ2n) is 4.81. The number of hydrogen-bond acceptors (Lipinski definition) is 3. The van der Waals surface area contributed by atoms with Gasteiger partial charge in [0.2, 0.25) is 0 Å². The Balaban J connectivity index is 1.74. The average molecular weight is 239 g/mol. The minimum Gasteiger partial charge on any atom is -0.376 e. The summed E-state index contributed by atoms with van der Waals surface area (Å²) >= 11 is 0. The van der Waals surface area contributed by atoms with E-state index in [0.29, 0.717) is 0 Å². The van der Waals surface area contributed by atoms with Gasteiger partial charge in [-0.2, -0.15) is 5.10 Å². The van der Waals surface area contributed by atoms with E-state index in [1.165, 1.54) is 11.3 Å². The summed E-state index contributed by atoms with van der Waals surface area (Å²) in [7, 11) is 0. The number of anilines is 1. The van der Waals surface area contributed by atoms with Gasteiger partial charge >= 0.3 is 0 Å². The molecule has 0 bridgehead atoms. The van der Waals surface area contributed by atoms with Crippen molar-refractivity contribution in [3.8, 4) is 0 Å². The summed E-state index contributed by atoms with van der Waals surface area (Å²) in [5.74, 6) is 0. The molecule has 0 saturated carbocycles. The van der Waals surface area contributed by atoms with Crippen molar-refractivity contribution in [2.24, 2.45) is 0 Å². The Morgan fingerprint density at radius 2 is 2.22 bits per heavy atom. The minimum atomic E-state index is 0.261. The molecule has 0 fully saturated rings. The van der Waals surface area contributed by atoms with Gasteiger partial charge in [-0.05, 0) is 30.7 Å². The zero-order chi connectivity index (χ0) is 12.1. The predicted octanol–water partition coefficient (Wildman–Crippen LogP) is 2.30. The molecule has 3 heterocycles. The molecule has 0 radical (unpaired) electrons. The van der Waals surface area contributed by atoms with Crippen LogP contribution in [0.25, 0.3) is 11.0 Å². The van der Waals surface area contributed by atoms with E-state index >= 15 is 0 Å². The van der Waals surface area contributed by atoms with Crippen molar-refractivity contribution < 1.29 is 0 Å². The summed E-state index contributed by atoms with van der Waals surface area (Å²) in [6, 6.07) is 6.62. The average Bonchev–Trinajstić information content (AvgIpc) is 3.02. The highest BCUT2D eigenvalue weighted by molar-refractivity contribution is 5.82. The van der Waals surface area contributed by atoms with E-state index in [1.54, 1.807) is 6.33 Å². The molecule has 18 heavy (non-hydrogen) atoms. The third kappa shape index (κ3) is 1.33. The van der Waals surface area contributed by atoms with Gasteiger partial charge in [0.25, 0.3) is 0 Å². The first-order valence-electron chi connectivity index (χ1n) is 6.04. The zero-order valence-electron chi connectivity index (χ0n) is 9.99. The molecule has 3 aromatic rings. The summed E-state index contributed by atoms with van der Waals surface area (Å²) in [6.07, 6.45) is 2.70. The molecule has 0 saturated heterocycles. The van der Waals surface area contributed by atoms with Gasteiger partial charge in [-0.25, -0.2) is 4.98 Å². The number of rotatable bonds is 1. The largest absolute Gasteiger partial charge is 0.376 e. The SMILES string of the molecule is Cc1cc(C2Cc3cc4[nH]cnc4cc3N2)n[nH]1. The van der Waals surface area contributed by atoms with E-state index in [1.807, 2.05) is 6.92 Å². The molecule has 0 aliphatic carbocycles. The predicted molar refractivity (Wildman–Crippen MR) is 69.5 cm³/mol. The van der Waals surface area contributed by atoms with Crippen LogP contribution in [0.1, 0.15) is 23.0 Å². The van der Waals surface area contributed by atoms with Crippen LogP contribution in [-0.4, -0.2) is 20.2 Å². The van der Waals surface area contributed by atoms with Gasteiger partial charge in [0.15, 0.2) is 0 Å². The Kier molecular flexibility index (Phi) is 1.81. The van der Waals surface area contributed by atoms with Crippen LogP contribution in [0.15, 0.2) is 24.5 Å². The molecule has 0 amide bonds. The van der Waals surface area contributed by atoms with Gasteiger partial charge in [-0.15, -0.1) is 0 Å². The summed E-state index contributed by atoms with van der Waals surface area (Å²) in [5, 5.41) is 10.8. The van der Waals surface area contributed by atoms with Gasteiger partial charge in [0.1, 0.15) is 0 Å². The Labute approximate surface area is 104 Å². The summed E-state index contributed by atoms with van der Waals surface area (Å²) in [4.78, 5) is 7.43. The quantitative estimate of drug-likeness (QED) is 0.610. The van der Waals surface area contributed by atoms with Gasteiger partial charge < -0.3 is 10.3 Å². The first kappa shape index (κ1) is 9.70. The maximum absolute atomic E-state index is 4.33. The number of nitrogens with zero attached hydrogens (tertiary/aromatic N) is 2. The molecule has 0 spiro atoms. The van der Waals surface area contributed by atoms with Crippen LogP contribution < -0.4 is 5.32 Å². The van der Waals surface area contributed by atoms with Crippen LogP contribution in [0, 0.1) is 6.92 Å². The van der Waals surface area contributed by atoms with Gasteiger partial charge in [-0.1, -0.05) is 0 Å². The number of imidazole rings is 1. The minimum absolute atomic E-state index is 0.261. The Hall–Kier alpha value is -2.30. The maximum atomic E-state index is 4.33. The normalized spacial score (nSPS) is 17.9. The maximum Gasteiger partial charge on any atom is 0.0931 e. The molecule has 1 unspecified atom stereocenters. The summed E-state index contributed by atoms with van der Waals surface area (Å²) in [5.41, 5.74) is 6.74. The Bertz CT molecular complexity index is 684. The van der Waals surface area contributed by atoms with Crippen LogP contribution in [0.4, 0.5) is 5.69 Å². The topological polar surface area (TPSA) is 69.4 Å². The second kappa shape index (κ2) is 3.35. The van der Waals surface area contributed by atoms with E-state index in [9.17, 15) is 0 Å². The third-order valence-corrected chi connectivity index (χ3v) is 3.48. The Morgan fingerprint density at radius 3 is 3.06 bits per heavy atom. The van der Waals surface area contributed by atoms with Gasteiger partial charge in [-0.3, -0.25) is 5.10 Å². The van der Waals surface area contributed by atoms with E-state index in [-0.39, 0.29) is 6.04 Å². The van der Waals surface area contributed by atoms with Crippen molar-refractivity contribution in [2.75, 3.05) is 5.32 Å². The molecular weight excluding hydrogens is 226 g/mol. The second-order valence-corrected chi connectivity index (χ2v) is 4.81. The highest BCUT2D eigenvalue weighted by atomic mass is 15.1. The molecule has 5 nitrogen and oxygen atoms in total. The molecule has 1 aliphatic heterocycles. The van der Waals surface area contributed by atoms with Crippen molar-refractivity contribution >= 4 is 16.7 Å². The molecule has 4 rings (SSSR count).